The lowest BCUT2D eigenvalue weighted by Crippen LogP contribution is -2.29. The van der Waals surface area contributed by atoms with E-state index in [1.807, 2.05) is 0 Å². The Morgan fingerprint density at radius 2 is 2.05 bits per heavy atom. The monoisotopic (exact) mass is 330 g/mol. The zero-order valence-electron chi connectivity index (χ0n) is 11.5. The molecule has 0 aliphatic rings. The molecule has 1 aromatic heterocycles. The number of nitrogens with one attached hydrogen (secondary N) is 1. The number of aryl methyl sites for hydroxylation is 2. The van der Waals surface area contributed by atoms with Crippen LogP contribution in [0.25, 0.3) is 0 Å². The summed E-state index contributed by atoms with van der Waals surface area (Å²) in [6, 6.07) is 6.71. The Bertz CT molecular complexity index is 723. The standard InChI is InChI=1S/C13H15ClN2O4S/c1-8-13(9(2)20-16-8)21(18,19)15-7-12(17)10-5-3-4-6-11(10)14/h3-6,12,15,17H,7H2,1-2H3. The quantitative estimate of drug-likeness (QED) is 0.874. The molecule has 2 aromatic rings. The van der Waals surface area contributed by atoms with Gasteiger partial charge in [0.05, 0.1) is 6.10 Å². The highest BCUT2D eigenvalue weighted by Gasteiger charge is 2.25. The molecule has 2 N–H and O–H groups in total. The van der Waals surface area contributed by atoms with Crippen molar-refractivity contribution in [2.45, 2.75) is 24.8 Å². The third-order valence-electron chi connectivity index (χ3n) is 2.97. The van der Waals surface area contributed by atoms with Gasteiger partial charge in [-0.1, -0.05) is 35.0 Å². The van der Waals surface area contributed by atoms with Crippen molar-refractivity contribution in [2.75, 3.05) is 6.54 Å². The van der Waals surface area contributed by atoms with Gasteiger partial charge in [-0.3, -0.25) is 0 Å². The van der Waals surface area contributed by atoms with Crippen LogP contribution >= 0.6 is 11.6 Å². The van der Waals surface area contributed by atoms with Gasteiger partial charge >= 0.3 is 0 Å². The zero-order chi connectivity index (χ0) is 15.6. The zero-order valence-corrected chi connectivity index (χ0v) is 13.1. The van der Waals surface area contributed by atoms with Crippen LogP contribution in [0.3, 0.4) is 0 Å². The minimum absolute atomic E-state index is 0.00569. The van der Waals surface area contributed by atoms with E-state index in [9.17, 15) is 13.5 Å². The highest BCUT2D eigenvalue weighted by molar-refractivity contribution is 7.89. The van der Waals surface area contributed by atoms with Crippen LogP contribution in [0.15, 0.2) is 33.7 Å². The van der Waals surface area contributed by atoms with Gasteiger partial charge in [-0.2, -0.15) is 0 Å². The van der Waals surface area contributed by atoms with Gasteiger partial charge in [0.2, 0.25) is 10.0 Å². The van der Waals surface area contributed by atoms with Crippen molar-refractivity contribution in [1.29, 1.82) is 0 Å². The van der Waals surface area contributed by atoms with E-state index in [-0.39, 0.29) is 22.9 Å². The molecule has 1 heterocycles. The summed E-state index contributed by atoms with van der Waals surface area (Å²) < 4.78 is 31.6. The molecule has 0 saturated heterocycles. The van der Waals surface area contributed by atoms with Crippen LogP contribution in [0, 0.1) is 13.8 Å². The third kappa shape index (κ3) is 3.44. The van der Waals surface area contributed by atoms with Crippen molar-refractivity contribution in [2.24, 2.45) is 0 Å². The molecule has 0 saturated carbocycles. The summed E-state index contributed by atoms with van der Waals surface area (Å²) in [7, 11) is -3.80. The molecule has 1 atom stereocenters. The molecule has 114 valence electrons. The van der Waals surface area contributed by atoms with Crippen LogP contribution in [0.4, 0.5) is 0 Å². The summed E-state index contributed by atoms with van der Waals surface area (Å²) in [5.41, 5.74) is 0.730. The van der Waals surface area contributed by atoms with Crippen molar-refractivity contribution in [3.8, 4) is 0 Å². The molecule has 21 heavy (non-hydrogen) atoms. The lowest BCUT2D eigenvalue weighted by Gasteiger charge is -2.13. The topological polar surface area (TPSA) is 92.4 Å². The van der Waals surface area contributed by atoms with Crippen LogP contribution in [0.5, 0.6) is 0 Å². The molecule has 0 fully saturated rings. The van der Waals surface area contributed by atoms with Crippen LogP contribution in [0.1, 0.15) is 23.1 Å². The number of aromatic nitrogens is 1. The van der Waals surface area contributed by atoms with E-state index in [4.69, 9.17) is 16.1 Å². The van der Waals surface area contributed by atoms with Gasteiger partial charge < -0.3 is 9.63 Å². The van der Waals surface area contributed by atoms with Crippen molar-refractivity contribution in [3.63, 3.8) is 0 Å². The number of hydrogen-bond donors (Lipinski definition) is 2. The molecule has 0 aliphatic carbocycles. The first-order valence-electron chi connectivity index (χ1n) is 6.18. The molecular weight excluding hydrogens is 316 g/mol. The fraction of sp³-hybridized carbons (Fsp3) is 0.308. The molecule has 1 aromatic carbocycles. The first kappa shape index (κ1) is 16.0. The molecule has 0 spiro atoms. The Labute approximate surface area is 127 Å². The number of nitrogens with zero attached hydrogens (tertiary/aromatic N) is 1. The van der Waals surface area contributed by atoms with Gasteiger partial charge in [0.15, 0.2) is 5.76 Å². The minimum Gasteiger partial charge on any atom is -0.387 e. The fourth-order valence-electron chi connectivity index (χ4n) is 1.97. The van der Waals surface area contributed by atoms with Gasteiger partial charge in [0.25, 0.3) is 0 Å². The van der Waals surface area contributed by atoms with Crippen molar-refractivity contribution in [1.82, 2.24) is 9.88 Å². The predicted octanol–water partition coefficient (Wildman–Crippen LogP) is 1.96. The second kappa shape index (κ2) is 6.15. The van der Waals surface area contributed by atoms with Gasteiger partial charge in [-0.25, -0.2) is 13.1 Å². The molecular formula is C13H15ClN2O4S. The SMILES string of the molecule is Cc1noc(C)c1S(=O)(=O)NCC(O)c1ccccc1Cl. The third-order valence-corrected chi connectivity index (χ3v) is 4.98. The molecule has 6 nitrogen and oxygen atoms in total. The number of rotatable bonds is 5. The summed E-state index contributed by atoms with van der Waals surface area (Å²) in [4.78, 5) is -0.00569. The fourth-order valence-corrected chi connectivity index (χ4v) is 3.60. The summed E-state index contributed by atoms with van der Waals surface area (Å²) in [6.45, 7) is 2.85. The maximum Gasteiger partial charge on any atom is 0.246 e. The van der Waals surface area contributed by atoms with Gasteiger partial charge in [0, 0.05) is 17.1 Å². The average molecular weight is 331 g/mol. The van der Waals surface area contributed by atoms with E-state index >= 15 is 0 Å². The normalized spacial score (nSPS) is 13.3. The van der Waals surface area contributed by atoms with E-state index < -0.39 is 16.1 Å². The summed E-state index contributed by atoms with van der Waals surface area (Å²) in [5.74, 6) is 0.201. The van der Waals surface area contributed by atoms with Gasteiger partial charge in [-0.15, -0.1) is 0 Å². The second-order valence-corrected chi connectivity index (χ2v) is 6.65. The van der Waals surface area contributed by atoms with Crippen molar-refractivity contribution >= 4 is 21.6 Å². The largest absolute Gasteiger partial charge is 0.387 e. The maximum absolute atomic E-state index is 12.2. The molecule has 0 amide bonds. The number of halogens is 1. The van der Waals surface area contributed by atoms with E-state index in [2.05, 4.69) is 9.88 Å². The molecule has 8 heteroatoms. The van der Waals surface area contributed by atoms with E-state index in [1.54, 1.807) is 24.3 Å². The Hall–Kier alpha value is -1.41. The minimum atomic E-state index is -3.80. The van der Waals surface area contributed by atoms with Crippen LogP contribution in [0.2, 0.25) is 5.02 Å². The van der Waals surface area contributed by atoms with E-state index in [0.717, 1.165) is 0 Å². The van der Waals surface area contributed by atoms with E-state index in [0.29, 0.717) is 10.6 Å². The second-order valence-electron chi connectivity index (χ2n) is 4.54. The molecule has 2 rings (SSSR count). The van der Waals surface area contributed by atoms with Crippen LogP contribution in [-0.2, 0) is 10.0 Å². The highest BCUT2D eigenvalue weighted by atomic mass is 35.5. The number of aliphatic hydroxyl groups excluding tert-OH is 1. The summed E-state index contributed by atoms with van der Waals surface area (Å²) >= 11 is 5.96. The summed E-state index contributed by atoms with van der Waals surface area (Å²) in [6.07, 6.45) is -1.05. The first-order chi connectivity index (χ1) is 9.83. The highest BCUT2D eigenvalue weighted by Crippen LogP contribution is 2.23. The Balaban J connectivity index is 2.15. The van der Waals surface area contributed by atoms with Gasteiger partial charge in [0.1, 0.15) is 10.6 Å². The predicted molar refractivity (Wildman–Crippen MR) is 77.6 cm³/mol. The Morgan fingerprint density at radius 1 is 1.38 bits per heavy atom. The van der Waals surface area contributed by atoms with Crippen LogP contribution in [-0.4, -0.2) is 25.2 Å². The number of hydrogen-bond acceptors (Lipinski definition) is 5. The lowest BCUT2D eigenvalue weighted by molar-refractivity contribution is 0.182. The van der Waals surface area contributed by atoms with Gasteiger partial charge in [-0.05, 0) is 19.9 Å². The number of aliphatic hydroxyl groups is 1. The number of benzene rings is 1. The van der Waals surface area contributed by atoms with E-state index in [1.165, 1.54) is 13.8 Å². The first-order valence-corrected chi connectivity index (χ1v) is 8.04. The molecule has 1 unspecified atom stereocenters. The molecule has 0 radical (unpaired) electrons. The Kier molecular flexibility index (Phi) is 4.67. The lowest BCUT2D eigenvalue weighted by atomic mass is 10.1. The van der Waals surface area contributed by atoms with Crippen molar-refractivity contribution < 1.29 is 18.0 Å². The Morgan fingerprint density at radius 3 is 2.62 bits per heavy atom. The maximum atomic E-state index is 12.2. The number of sulfonamides is 1. The average Bonchev–Trinajstić information content (AvgIpc) is 2.77. The molecule has 0 aliphatic heterocycles. The summed E-state index contributed by atoms with van der Waals surface area (Å²) in [5, 5.41) is 14.0. The van der Waals surface area contributed by atoms with Crippen molar-refractivity contribution in [3.05, 3.63) is 46.3 Å². The smallest absolute Gasteiger partial charge is 0.246 e. The van der Waals surface area contributed by atoms with Crippen LogP contribution < -0.4 is 4.72 Å². The molecule has 0 bridgehead atoms.